The van der Waals surface area contributed by atoms with Crippen molar-refractivity contribution in [2.75, 3.05) is 13.2 Å². The molecule has 0 saturated carbocycles. The van der Waals surface area contributed by atoms with Crippen molar-refractivity contribution < 1.29 is 28.6 Å². The Balaban J connectivity index is 4.19. The summed E-state index contributed by atoms with van der Waals surface area (Å²) in [5.74, 6) is -0.977. The van der Waals surface area contributed by atoms with E-state index in [1.165, 1.54) is 109 Å². The summed E-state index contributed by atoms with van der Waals surface area (Å²) >= 11 is 0. The summed E-state index contributed by atoms with van der Waals surface area (Å²) in [6.45, 7) is 6.39. The highest BCUT2D eigenvalue weighted by Crippen LogP contribution is 2.15. The SMILES string of the molecule is CC/C=C\C/C=C\C/C=C\C/C=C\C/C=C\C/C=C\C/C=C\CCCC(=O)OC(COC(=O)CCCCCCC)COC(=O)CCCCCCCCCCCCCCC/C=C\C/C=C\CCCCCCC. The molecule has 0 fully saturated rings. The number of carbonyl (C=O) groups excluding carboxylic acids is 3. The highest BCUT2D eigenvalue weighted by molar-refractivity contribution is 5.71. The van der Waals surface area contributed by atoms with Crippen molar-refractivity contribution in [3.05, 3.63) is 109 Å². The number of allylic oxidation sites excluding steroid dienone is 18. The van der Waals surface area contributed by atoms with Crippen LogP contribution in [-0.2, 0) is 28.6 Å². The Bertz CT molecular complexity index is 1460. The first-order valence-corrected chi connectivity index (χ1v) is 29.4. The molecule has 0 aromatic rings. The predicted octanol–water partition coefficient (Wildman–Crippen LogP) is 19.9. The second-order valence-electron chi connectivity index (χ2n) is 19.2. The van der Waals surface area contributed by atoms with Crippen LogP contribution in [0, 0.1) is 0 Å². The van der Waals surface area contributed by atoms with E-state index < -0.39 is 6.10 Å². The van der Waals surface area contributed by atoms with Crippen LogP contribution in [0.1, 0.15) is 265 Å². The van der Waals surface area contributed by atoms with E-state index in [9.17, 15) is 14.4 Å². The van der Waals surface area contributed by atoms with Crippen molar-refractivity contribution in [3.63, 3.8) is 0 Å². The van der Waals surface area contributed by atoms with Crippen LogP contribution in [0.15, 0.2) is 109 Å². The molecule has 1 atom stereocenters. The third kappa shape index (κ3) is 56.9. The minimum absolute atomic E-state index is 0.102. The van der Waals surface area contributed by atoms with E-state index in [1.807, 2.05) is 0 Å². The highest BCUT2D eigenvalue weighted by atomic mass is 16.6. The van der Waals surface area contributed by atoms with E-state index in [1.54, 1.807) is 0 Å². The monoisotopic (exact) mass is 985 g/mol. The normalized spacial score (nSPS) is 12.9. The van der Waals surface area contributed by atoms with Gasteiger partial charge in [0.1, 0.15) is 13.2 Å². The van der Waals surface area contributed by atoms with Gasteiger partial charge in [0.05, 0.1) is 0 Å². The van der Waals surface area contributed by atoms with Crippen LogP contribution in [-0.4, -0.2) is 37.2 Å². The number of ether oxygens (including phenoxy) is 3. The molecule has 6 heteroatoms. The summed E-state index contributed by atoms with van der Waals surface area (Å²) < 4.78 is 16.7. The van der Waals surface area contributed by atoms with E-state index >= 15 is 0 Å². The molecular formula is C65H108O6. The molecule has 0 radical (unpaired) electrons. The van der Waals surface area contributed by atoms with E-state index in [-0.39, 0.29) is 37.5 Å². The maximum absolute atomic E-state index is 12.8. The van der Waals surface area contributed by atoms with Gasteiger partial charge in [-0.05, 0) is 103 Å². The predicted molar refractivity (Wildman–Crippen MR) is 307 cm³/mol. The van der Waals surface area contributed by atoms with Gasteiger partial charge in [-0.2, -0.15) is 0 Å². The maximum atomic E-state index is 12.8. The molecule has 0 bridgehead atoms. The second-order valence-corrected chi connectivity index (χ2v) is 19.2. The Morgan fingerprint density at radius 2 is 0.563 bits per heavy atom. The maximum Gasteiger partial charge on any atom is 0.306 e. The lowest BCUT2D eigenvalue weighted by molar-refractivity contribution is -0.167. The molecule has 0 saturated heterocycles. The molecule has 0 N–H and O–H groups in total. The standard InChI is InChI=1S/C65H108O6/c1-4-7-10-13-15-17-19-21-23-25-27-29-31-32-34-35-37-39-41-43-45-47-49-52-55-58-64(67)70-61-62(60-69-63(66)57-54-51-12-9-6-3)71-65(68)59-56-53-50-48-46-44-42-40-38-36-33-30-28-26-24-22-20-18-16-14-11-8-5-2/h8,11,16,18-19,21-22,24-25,27-28,30,36,38,42,44,48,50,62H,4-7,9-10,12-15,17,20,23,26,29,31-35,37,39-41,43,45-47,49,51-61H2,1-3H3/b11-8-,18-16-,21-19-,24-22-,27-25-,30-28-,38-36-,44-42-,50-48-. The van der Waals surface area contributed by atoms with Crippen molar-refractivity contribution in [3.8, 4) is 0 Å². The zero-order valence-corrected chi connectivity index (χ0v) is 46.2. The molecule has 71 heavy (non-hydrogen) atoms. The molecule has 0 aliphatic carbocycles. The summed E-state index contributed by atoms with van der Waals surface area (Å²) in [5.41, 5.74) is 0. The van der Waals surface area contributed by atoms with E-state index in [0.717, 1.165) is 109 Å². The average Bonchev–Trinajstić information content (AvgIpc) is 3.37. The first kappa shape index (κ1) is 67.1. The van der Waals surface area contributed by atoms with Gasteiger partial charge < -0.3 is 14.2 Å². The van der Waals surface area contributed by atoms with Crippen LogP contribution in [0.2, 0.25) is 0 Å². The van der Waals surface area contributed by atoms with Gasteiger partial charge in [0.25, 0.3) is 0 Å². The fraction of sp³-hybridized carbons (Fsp3) is 0.677. The lowest BCUT2D eigenvalue weighted by Crippen LogP contribution is -2.30. The van der Waals surface area contributed by atoms with Crippen LogP contribution < -0.4 is 0 Å². The summed E-state index contributed by atoms with van der Waals surface area (Å²) in [6.07, 6.45) is 79.9. The van der Waals surface area contributed by atoms with Crippen molar-refractivity contribution in [1.29, 1.82) is 0 Å². The zero-order chi connectivity index (χ0) is 51.4. The van der Waals surface area contributed by atoms with Crippen LogP contribution in [0.3, 0.4) is 0 Å². The average molecular weight is 986 g/mol. The molecule has 0 aliphatic heterocycles. The number of esters is 3. The Labute approximate surface area is 438 Å². The van der Waals surface area contributed by atoms with Crippen molar-refractivity contribution in [1.82, 2.24) is 0 Å². The number of unbranched alkanes of at least 4 members (excludes halogenated alkanes) is 23. The van der Waals surface area contributed by atoms with Crippen molar-refractivity contribution in [2.24, 2.45) is 0 Å². The lowest BCUT2D eigenvalue weighted by Gasteiger charge is -2.18. The van der Waals surface area contributed by atoms with Gasteiger partial charge in [0.15, 0.2) is 6.10 Å². The molecule has 6 nitrogen and oxygen atoms in total. The fourth-order valence-electron chi connectivity index (χ4n) is 7.87. The quantitative estimate of drug-likeness (QED) is 0.0261. The molecule has 0 amide bonds. The highest BCUT2D eigenvalue weighted by Gasteiger charge is 2.19. The fourth-order valence-corrected chi connectivity index (χ4v) is 7.87. The number of carbonyl (C=O) groups is 3. The number of hydrogen-bond acceptors (Lipinski definition) is 6. The summed E-state index contributed by atoms with van der Waals surface area (Å²) in [6, 6.07) is 0. The van der Waals surface area contributed by atoms with Crippen LogP contribution >= 0.6 is 0 Å². The van der Waals surface area contributed by atoms with Crippen LogP contribution in [0.25, 0.3) is 0 Å². The van der Waals surface area contributed by atoms with Gasteiger partial charge in [-0.1, -0.05) is 252 Å². The smallest absolute Gasteiger partial charge is 0.306 e. The van der Waals surface area contributed by atoms with Gasteiger partial charge in [0.2, 0.25) is 0 Å². The second kappa shape index (κ2) is 58.6. The first-order chi connectivity index (χ1) is 35.0. The molecule has 1 unspecified atom stereocenters. The molecule has 0 aromatic heterocycles. The van der Waals surface area contributed by atoms with Crippen LogP contribution in [0.4, 0.5) is 0 Å². The largest absolute Gasteiger partial charge is 0.462 e. The number of hydrogen-bond donors (Lipinski definition) is 0. The lowest BCUT2D eigenvalue weighted by atomic mass is 10.0. The van der Waals surface area contributed by atoms with Crippen molar-refractivity contribution in [2.45, 2.75) is 271 Å². The minimum Gasteiger partial charge on any atom is -0.462 e. The Morgan fingerprint density at radius 3 is 0.901 bits per heavy atom. The third-order valence-corrected chi connectivity index (χ3v) is 12.3. The van der Waals surface area contributed by atoms with Crippen molar-refractivity contribution >= 4 is 17.9 Å². The van der Waals surface area contributed by atoms with Gasteiger partial charge in [-0.25, -0.2) is 0 Å². The zero-order valence-electron chi connectivity index (χ0n) is 46.2. The Morgan fingerprint density at radius 1 is 0.296 bits per heavy atom. The molecule has 0 aliphatic rings. The van der Waals surface area contributed by atoms with Gasteiger partial charge in [-0.3, -0.25) is 14.4 Å². The van der Waals surface area contributed by atoms with Gasteiger partial charge >= 0.3 is 17.9 Å². The summed E-state index contributed by atoms with van der Waals surface area (Å²) in [7, 11) is 0. The molecule has 404 valence electrons. The van der Waals surface area contributed by atoms with E-state index in [2.05, 4.69) is 130 Å². The summed E-state index contributed by atoms with van der Waals surface area (Å²) in [4.78, 5) is 37.8. The van der Waals surface area contributed by atoms with Crippen LogP contribution in [0.5, 0.6) is 0 Å². The van der Waals surface area contributed by atoms with Gasteiger partial charge in [-0.15, -0.1) is 0 Å². The third-order valence-electron chi connectivity index (χ3n) is 12.3. The first-order valence-electron chi connectivity index (χ1n) is 29.4. The van der Waals surface area contributed by atoms with Gasteiger partial charge in [0, 0.05) is 19.3 Å². The minimum atomic E-state index is -0.807. The Kier molecular flexibility index (Phi) is 55.4. The summed E-state index contributed by atoms with van der Waals surface area (Å²) in [5, 5.41) is 0. The molecular weight excluding hydrogens is 877 g/mol. The Hall–Kier alpha value is -3.93. The molecule has 0 rings (SSSR count). The molecule has 0 aromatic carbocycles. The topological polar surface area (TPSA) is 78.9 Å². The number of rotatable bonds is 52. The van der Waals surface area contributed by atoms with E-state index in [0.29, 0.717) is 19.3 Å². The molecule has 0 spiro atoms. The van der Waals surface area contributed by atoms with E-state index in [4.69, 9.17) is 14.2 Å². The molecule has 0 heterocycles.